The predicted molar refractivity (Wildman–Crippen MR) is 50.3 cm³/mol. The molecule has 0 heterocycles. The molecule has 3 N–H and O–H groups in total. The van der Waals surface area contributed by atoms with Crippen molar-refractivity contribution in [3.05, 3.63) is 23.8 Å². The number of sulfonamides is 1. The molecule has 0 aromatic heterocycles. The van der Waals surface area contributed by atoms with Crippen LogP contribution in [0.2, 0.25) is 0 Å². The largest absolute Gasteiger partial charge is 0.495 e. The van der Waals surface area contributed by atoms with Gasteiger partial charge in [0.25, 0.3) is 0 Å². The van der Waals surface area contributed by atoms with Gasteiger partial charge in [0.1, 0.15) is 10.6 Å². The summed E-state index contributed by atoms with van der Waals surface area (Å²) in [6, 6.07) is 4.21. The smallest absolute Gasteiger partial charge is 0.241 e. The van der Waals surface area contributed by atoms with Gasteiger partial charge in [-0.1, -0.05) is 6.07 Å². The van der Waals surface area contributed by atoms with Gasteiger partial charge in [0.15, 0.2) is 0 Å². The van der Waals surface area contributed by atoms with E-state index >= 15 is 0 Å². The van der Waals surface area contributed by atoms with Gasteiger partial charge in [0.2, 0.25) is 10.0 Å². The van der Waals surface area contributed by atoms with Crippen LogP contribution in [0.25, 0.3) is 0 Å². The highest BCUT2D eigenvalue weighted by molar-refractivity contribution is 7.89. The zero-order valence-electron chi connectivity index (χ0n) is 7.60. The Bertz CT molecular complexity index is 427. The van der Waals surface area contributed by atoms with Gasteiger partial charge in [-0.15, -0.1) is 0 Å². The summed E-state index contributed by atoms with van der Waals surface area (Å²) in [4.78, 5) is -0.0859. The normalized spacial score (nSPS) is 11.4. The second-order valence-electron chi connectivity index (χ2n) is 2.69. The van der Waals surface area contributed by atoms with E-state index in [1.54, 1.807) is 0 Å². The number of hydrogen-bond acceptors (Lipinski definition) is 4. The van der Waals surface area contributed by atoms with Crippen molar-refractivity contribution in [2.45, 2.75) is 11.5 Å². The van der Waals surface area contributed by atoms with Crippen LogP contribution in [0.5, 0.6) is 5.75 Å². The third-order valence-corrected chi connectivity index (χ3v) is 2.67. The first-order chi connectivity index (χ1) is 6.49. The summed E-state index contributed by atoms with van der Waals surface area (Å²) < 4.78 is 26.9. The topological polar surface area (TPSA) is 89.6 Å². The lowest BCUT2D eigenvalue weighted by molar-refractivity contribution is 0.280. The van der Waals surface area contributed by atoms with Gasteiger partial charge in [0, 0.05) is 0 Å². The molecule has 0 saturated carbocycles. The summed E-state index contributed by atoms with van der Waals surface area (Å²) in [6.07, 6.45) is 0. The summed E-state index contributed by atoms with van der Waals surface area (Å²) in [5.41, 5.74) is 0.564. The van der Waals surface area contributed by atoms with Gasteiger partial charge >= 0.3 is 0 Å². The zero-order chi connectivity index (χ0) is 10.8. The van der Waals surface area contributed by atoms with Crippen molar-refractivity contribution in [2.24, 2.45) is 5.14 Å². The van der Waals surface area contributed by atoms with Gasteiger partial charge in [-0.05, 0) is 17.7 Å². The van der Waals surface area contributed by atoms with E-state index in [0.717, 1.165) is 0 Å². The molecule has 1 rings (SSSR count). The Labute approximate surface area is 82.2 Å². The van der Waals surface area contributed by atoms with Crippen LogP contribution in [0.3, 0.4) is 0 Å². The fourth-order valence-electron chi connectivity index (χ4n) is 1.05. The molecule has 0 unspecified atom stereocenters. The maximum atomic E-state index is 11.0. The minimum atomic E-state index is -3.78. The Morgan fingerprint density at radius 3 is 2.57 bits per heavy atom. The number of rotatable bonds is 3. The van der Waals surface area contributed by atoms with Crippen LogP contribution in [0, 0.1) is 0 Å². The van der Waals surface area contributed by atoms with Crippen molar-refractivity contribution in [1.29, 1.82) is 0 Å². The van der Waals surface area contributed by atoms with E-state index in [1.807, 2.05) is 0 Å². The Kier molecular flexibility index (Phi) is 3.10. The van der Waals surface area contributed by atoms with E-state index in [-0.39, 0.29) is 17.3 Å². The lowest BCUT2D eigenvalue weighted by Gasteiger charge is -2.07. The zero-order valence-corrected chi connectivity index (χ0v) is 8.41. The monoisotopic (exact) mass is 217 g/mol. The molecule has 0 aliphatic heterocycles. The molecule has 0 radical (unpaired) electrons. The maximum absolute atomic E-state index is 11.0. The lowest BCUT2D eigenvalue weighted by Crippen LogP contribution is -2.13. The number of aliphatic hydroxyl groups excluding tert-OH is 1. The molecule has 0 saturated heterocycles. The second-order valence-corrected chi connectivity index (χ2v) is 4.22. The van der Waals surface area contributed by atoms with Gasteiger partial charge in [-0.3, -0.25) is 0 Å². The van der Waals surface area contributed by atoms with E-state index in [4.69, 9.17) is 15.0 Å². The highest BCUT2D eigenvalue weighted by Crippen LogP contribution is 2.23. The molecule has 78 valence electrons. The first-order valence-corrected chi connectivity index (χ1v) is 5.34. The Morgan fingerprint density at radius 1 is 1.50 bits per heavy atom. The lowest BCUT2D eigenvalue weighted by atomic mass is 10.2. The molecular weight excluding hydrogens is 206 g/mol. The SMILES string of the molecule is COc1cc(CO)ccc1S(N)(=O)=O. The number of benzene rings is 1. The summed E-state index contributed by atoms with van der Waals surface area (Å²) in [7, 11) is -2.44. The average molecular weight is 217 g/mol. The van der Waals surface area contributed by atoms with Gasteiger partial charge in [-0.2, -0.15) is 0 Å². The maximum Gasteiger partial charge on any atom is 0.241 e. The van der Waals surface area contributed by atoms with Crippen LogP contribution >= 0.6 is 0 Å². The fraction of sp³-hybridized carbons (Fsp3) is 0.250. The molecular formula is C8H11NO4S. The van der Waals surface area contributed by atoms with Crippen LogP contribution in [-0.4, -0.2) is 20.6 Å². The van der Waals surface area contributed by atoms with Crippen LogP contribution in [0.15, 0.2) is 23.1 Å². The molecule has 14 heavy (non-hydrogen) atoms. The number of ether oxygens (including phenoxy) is 1. The van der Waals surface area contributed by atoms with Crippen molar-refractivity contribution in [3.8, 4) is 5.75 Å². The van der Waals surface area contributed by atoms with E-state index in [2.05, 4.69) is 0 Å². The van der Waals surface area contributed by atoms with Crippen LogP contribution in [0.1, 0.15) is 5.56 Å². The summed E-state index contributed by atoms with van der Waals surface area (Å²) in [6.45, 7) is -0.179. The van der Waals surface area contributed by atoms with E-state index in [1.165, 1.54) is 25.3 Å². The van der Waals surface area contributed by atoms with Gasteiger partial charge in [-0.25, -0.2) is 13.6 Å². The number of aliphatic hydroxyl groups is 1. The molecule has 0 amide bonds. The van der Waals surface area contributed by atoms with Gasteiger partial charge in [0.05, 0.1) is 13.7 Å². The molecule has 1 aromatic rings. The third-order valence-electron chi connectivity index (χ3n) is 1.72. The van der Waals surface area contributed by atoms with Gasteiger partial charge < -0.3 is 9.84 Å². The van der Waals surface area contributed by atoms with Crippen molar-refractivity contribution >= 4 is 10.0 Å². The molecule has 0 aliphatic rings. The number of primary sulfonamides is 1. The summed E-state index contributed by atoms with van der Waals surface area (Å²) >= 11 is 0. The van der Waals surface area contributed by atoms with Crippen LogP contribution in [0.4, 0.5) is 0 Å². The van der Waals surface area contributed by atoms with Crippen molar-refractivity contribution in [1.82, 2.24) is 0 Å². The van der Waals surface area contributed by atoms with E-state index < -0.39 is 10.0 Å². The van der Waals surface area contributed by atoms with Crippen molar-refractivity contribution in [2.75, 3.05) is 7.11 Å². The molecule has 0 atom stereocenters. The minimum absolute atomic E-state index is 0.0859. The Morgan fingerprint density at radius 2 is 2.14 bits per heavy atom. The van der Waals surface area contributed by atoms with Crippen LogP contribution < -0.4 is 9.88 Å². The molecule has 5 nitrogen and oxygen atoms in total. The molecule has 1 aromatic carbocycles. The van der Waals surface area contributed by atoms with Crippen molar-refractivity contribution in [3.63, 3.8) is 0 Å². The third kappa shape index (κ3) is 2.22. The highest BCUT2D eigenvalue weighted by atomic mass is 32.2. The number of methoxy groups -OCH3 is 1. The molecule has 6 heteroatoms. The molecule has 0 bridgehead atoms. The first kappa shape index (κ1) is 11.0. The van der Waals surface area contributed by atoms with E-state index in [9.17, 15) is 8.42 Å². The first-order valence-electron chi connectivity index (χ1n) is 3.79. The molecule has 0 fully saturated rings. The predicted octanol–water partition coefficient (Wildman–Crippen LogP) is -0.165. The fourth-order valence-corrected chi connectivity index (χ4v) is 1.73. The van der Waals surface area contributed by atoms with Crippen molar-refractivity contribution < 1.29 is 18.3 Å². The summed E-state index contributed by atoms with van der Waals surface area (Å²) in [5.74, 6) is 0.138. The van der Waals surface area contributed by atoms with Crippen LogP contribution in [-0.2, 0) is 16.6 Å². The minimum Gasteiger partial charge on any atom is -0.495 e. The van der Waals surface area contributed by atoms with E-state index in [0.29, 0.717) is 5.56 Å². The average Bonchev–Trinajstić information content (AvgIpc) is 2.15. The number of hydrogen-bond donors (Lipinski definition) is 2. The quantitative estimate of drug-likeness (QED) is 0.735. The molecule has 0 aliphatic carbocycles. The highest BCUT2D eigenvalue weighted by Gasteiger charge is 2.14. The Balaban J connectivity index is 3.33. The molecule has 0 spiro atoms. The second kappa shape index (κ2) is 3.95. The standard InChI is InChI=1S/C8H11NO4S/c1-13-7-4-6(5-10)2-3-8(7)14(9,11)12/h2-4,10H,5H2,1H3,(H2,9,11,12). The number of nitrogens with two attached hydrogens (primary N) is 1. The Hall–Kier alpha value is -1.11. The summed E-state index contributed by atoms with van der Waals surface area (Å²) in [5, 5.41) is 13.8.